The Morgan fingerprint density at radius 1 is 1.08 bits per heavy atom. The van der Waals surface area contributed by atoms with Crippen LogP contribution in [0.1, 0.15) is 36.5 Å². The summed E-state index contributed by atoms with van der Waals surface area (Å²) in [5.74, 6) is -2.21. The lowest BCUT2D eigenvalue weighted by Crippen LogP contribution is -2.12. The van der Waals surface area contributed by atoms with Gasteiger partial charge in [-0.25, -0.2) is 4.57 Å². The third-order valence-electron chi connectivity index (χ3n) is 3.74. The molecule has 0 aliphatic carbocycles. The molecule has 0 saturated heterocycles. The van der Waals surface area contributed by atoms with Crippen LogP contribution < -0.4 is 4.52 Å². The molecule has 0 aliphatic heterocycles. The number of hydrogen-bond donors (Lipinski definition) is 6. The summed E-state index contributed by atoms with van der Waals surface area (Å²) in [6.45, 7) is 1.76. The van der Waals surface area contributed by atoms with E-state index in [2.05, 4.69) is 4.52 Å². The number of aromatic hydroxyl groups is 3. The Balaban J connectivity index is 2.53. The van der Waals surface area contributed by atoms with Crippen LogP contribution in [0.3, 0.4) is 0 Å². The van der Waals surface area contributed by atoms with Gasteiger partial charge in [0.2, 0.25) is 0 Å². The van der Waals surface area contributed by atoms with Crippen molar-refractivity contribution in [2.45, 2.75) is 25.4 Å². The monoisotopic (exact) mass is 370 g/mol. The van der Waals surface area contributed by atoms with E-state index in [0.717, 1.165) is 12.1 Å². The number of rotatable bonds is 6. The van der Waals surface area contributed by atoms with Crippen molar-refractivity contribution in [3.63, 3.8) is 0 Å². The molecular weight excluding hydrogens is 351 g/mol. The number of aliphatic hydroxyl groups excluding tert-OH is 1. The molecule has 2 aromatic carbocycles. The maximum absolute atomic E-state index is 11.1. The number of benzene rings is 2. The standard InChI is InChI=1S/C16H19O8P/c1-2-12(9-4-3-5-10(17)6-9)16(20)15-13(19)7-11(18)8-14(15)24-25(21,22)23/h3-8,12,16-20H,2H2,1H3,(H2,21,22,23). The van der Waals surface area contributed by atoms with Crippen molar-refractivity contribution in [1.29, 1.82) is 0 Å². The maximum Gasteiger partial charge on any atom is 0.524 e. The van der Waals surface area contributed by atoms with Crippen LogP contribution in [-0.4, -0.2) is 30.2 Å². The Labute approximate surface area is 143 Å². The van der Waals surface area contributed by atoms with E-state index in [9.17, 15) is 25.0 Å². The van der Waals surface area contributed by atoms with E-state index in [1.165, 1.54) is 12.1 Å². The molecule has 8 nitrogen and oxygen atoms in total. The van der Waals surface area contributed by atoms with Gasteiger partial charge >= 0.3 is 7.82 Å². The van der Waals surface area contributed by atoms with Gasteiger partial charge in [0.05, 0.1) is 11.7 Å². The van der Waals surface area contributed by atoms with Gasteiger partial charge in [-0.3, -0.25) is 9.79 Å². The van der Waals surface area contributed by atoms with Gasteiger partial charge in [-0.2, -0.15) is 0 Å². The molecule has 136 valence electrons. The minimum Gasteiger partial charge on any atom is -0.508 e. The molecule has 6 N–H and O–H groups in total. The molecule has 0 spiro atoms. The Hall–Kier alpha value is -2.25. The van der Waals surface area contributed by atoms with E-state index in [1.807, 2.05) is 0 Å². The lowest BCUT2D eigenvalue weighted by molar-refractivity contribution is 0.136. The van der Waals surface area contributed by atoms with Crippen molar-refractivity contribution in [3.05, 3.63) is 47.5 Å². The molecule has 0 aromatic heterocycles. The first kappa shape index (κ1) is 19.1. The smallest absolute Gasteiger partial charge is 0.508 e. The van der Waals surface area contributed by atoms with Gasteiger partial charge in [0.15, 0.2) is 0 Å². The van der Waals surface area contributed by atoms with Crippen LogP contribution in [-0.2, 0) is 4.57 Å². The minimum atomic E-state index is -4.99. The van der Waals surface area contributed by atoms with E-state index in [1.54, 1.807) is 19.1 Å². The fourth-order valence-electron chi connectivity index (χ4n) is 2.70. The second-order valence-corrected chi connectivity index (χ2v) is 6.68. The number of aliphatic hydroxyl groups is 1. The molecule has 0 radical (unpaired) electrons. The second-order valence-electron chi connectivity index (χ2n) is 5.51. The zero-order valence-corrected chi connectivity index (χ0v) is 14.2. The average Bonchev–Trinajstić information content (AvgIpc) is 2.45. The fraction of sp³-hybridized carbons (Fsp3) is 0.250. The quantitative estimate of drug-likeness (QED) is 0.425. The summed E-state index contributed by atoms with van der Waals surface area (Å²) in [6, 6.07) is 7.98. The molecule has 0 bridgehead atoms. The van der Waals surface area contributed by atoms with Crippen molar-refractivity contribution < 1.29 is 39.3 Å². The van der Waals surface area contributed by atoms with Gasteiger partial charge in [0.25, 0.3) is 0 Å². The van der Waals surface area contributed by atoms with E-state index in [4.69, 9.17) is 9.79 Å². The van der Waals surface area contributed by atoms with Gasteiger partial charge in [0.1, 0.15) is 23.0 Å². The largest absolute Gasteiger partial charge is 0.524 e. The lowest BCUT2D eigenvalue weighted by Gasteiger charge is -2.25. The van der Waals surface area contributed by atoms with Crippen LogP contribution in [0.5, 0.6) is 23.0 Å². The molecule has 2 unspecified atom stereocenters. The SMILES string of the molecule is CCC(c1cccc(O)c1)C(O)c1c(O)cc(O)cc1OP(=O)(O)O. The average molecular weight is 370 g/mol. The number of hydrogen-bond acceptors (Lipinski definition) is 6. The highest BCUT2D eigenvalue weighted by atomic mass is 31.2. The summed E-state index contributed by atoms with van der Waals surface area (Å²) in [5, 5.41) is 40.0. The summed E-state index contributed by atoms with van der Waals surface area (Å²) < 4.78 is 15.7. The first-order valence-corrected chi connectivity index (χ1v) is 8.93. The highest BCUT2D eigenvalue weighted by molar-refractivity contribution is 7.46. The summed E-state index contributed by atoms with van der Waals surface area (Å²) >= 11 is 0. The van der Waals surface area contributed by atoms with Crippen LogP contribution in [0.4, 0.5) is 0 Å². The summed E-state index contributed by atoms with van der Waals surface area (Å²) in [7, 11) is -4.99. The molecule has 0 heterocycles. The van der Waals surface area contributed by atoms with Crippen LogP contribution in [0, 0.1) is 0 Å². The summed E-state index contributed by atoms with van der Waals surface area (Å²) in [6.07, 6.45) is -1.02. The van der Waals surface area contributed by atoms with Crippen molar-refractivity contribution in [2.24, 2.45) is 0 Å². The van der Waals surface area contributed by atoms with Crippen LogP contribution in [0.25, 0.3) is 0 Å². The molecule has 25 heavy (non-hydrogen) atoms. The molecule has 0 amide bonds. The van der Waals surface area contributed by atoms with Crippen molar-refractivity contribution in [2.75, 3.05) is 0 Å². The van der Waals surface area contributed by atoms with Crippen LogP contribution >= 0.6 is 7.82 Å². The van der Waals surface area contributed by atoms with Gasteiger partial charge in [0, 0.05) is 18.1 Å². The molecule has 2 atom stereocenters. The zero-order chi connectivity index (χ0) is 18.8. The molecular formula is C16H19O8P. The van der Waals surface area contributed by atoms with Gasteiger partial charge in [-0.05, 0) is 24.1 Å². The molecule has 2 rings (SSSR count). The predicted molar refractivity (Wildman–Crippen MR) is 88.5 cm³/mol. The van der Waals surface area contributed by atoms with Crippen molar-refractivity contribution >= 4 is 7.82 Å². The minimum absolute atomic E-state index is 0.00947. The van der Waals surface area contributed by atoms with Gasteiger partial charge < -0.3 is 24.9 Å². The third kappa shape index (κ3) is 4.64. The van der Waals surface area contributed by atoms with E-state index in [-0.39, 0.29) is 11.3 Å². The molecule has 0 fully saturated rings. The number of phenols is 3. The van der Waals surface area contributed by atoms with Crippen molar-refractivity contribution in [3.8, 4) is 23.0 Å². The fourth-order valence-corrected chi connectivity index (χ4v) is 3.10. The first-order chi connectivity index (χ1) is 11.6. The summed E-state index contributed by atoms with van der Waals surface area (Å²) in [4.78, 5) is 18.0. The van der Waals surface area contributed by atoms with Gasteiger partial charge in [-0.15, -0.1) is 0 Å². The van der Waals surface area contributed by atoms with Crippen LogP contribution in [0.15, 0.2) is 36.4 Å². The maximum atomic E-state index is 11.1. The van der Waals surface area contributed by atoms with E-state index < -0.39 is 37.1 Å². The molecule has 0 aliphatic rings. The van der Waals surface area contributed by atoms with Crippen LogP contribution in [0.2, 0.25) is 0 Å². The Kier molecular flexibility index (Phi) is 5.59. The first-order valence-electron chi connectivity index (χ1n) is 7.40. The molecule has 0 saturated carbocycles. The number of phosphoric ester groups is 1. The topological polar surface area (TPSA) is 148 Å². The third-order valence-corrected chi connectivity index (χ3v) is 4.17. The predicted octanol–water partition coefficient (Wildman–Crippen LogP) is 2.50. The second kappa shape index (κ2) is 7.33. The highest BCUT2D eigenvalue weighted by Crippen LogP contribution is 2.48. The lowest BCUT2D eigenvalue weighted by atomic mass is 9.86. The Morgan fingerprint density at radius 2 is 1.76 bits per heavy atom. The summed E-state index contributed by atoms with van der Waals surface area (Å²) in [5.41, 5.74) is 0.293. The normalized spacial score (nSPS) is 14.1. The molecule has 2 aromatic rings. The number of phosphoric acid groups is 1. The van der Waals surface area contributed by atoms with E-state index >= 15 is 0 Å². The molecule has 9 heteroatoms. The van der Waals surface area contributed by atoms with Crippen molar-refractivity contribution in [1.82, 2.24) is 0 Å². The van der Waals surface area contributed by atoms with E-state index in [0.29, 0.717) is 12.0 Å². The Morgan fingerprint density at radius 3 is 2.32 bits per heavy atom. The highest BCUT2D eigenvalue weighted by Gasteiger charge is 2.30. The van der Waals surface area contributed by atoms with Gasteiger partial charge in [-0.1, -0.05) is 19.1 Å². The Bertz CT molecular complexity index is 801. The zero-order valence-electron chi connectivity index (χ0n) is 13.3. The number of phenolic OH excluding ortho intramolecular Hbond substituents is 3.